The Bertz CT molecular complexity index is 1050. The molecule has 3 rings (SSSR count). The monoisotopic (exact) mass is 497 g/mol. The minimum absolute atomic E-state index is 0.0186. The SMILES string of the molecule is COc1cc(C(=O)NCCS(=O)(=O)N2CCN(c3ccc(Cl)cc3)CC2)cc(OC)c1OC. The molecule has 0 atom stereocenters. The molecule has 1 aliphatic heterocycles. The molecular formula is C22H28ClN3O6S. The summed E-state index contributed by atoms with van der Waals surface area (Å²) in [5, 5.41) is 3.32. The number of hydrogen-bond donors (Lipinski definition) is 1. The van der Waals surface area contributed by atoms with Crippen LogP contribution in [0.4, 0.5) is 5.69 Å². The van der Waals surface area contributed by atoms with E-state index in [2.05, 4.69) is 10.2 Å². The van der Waals surface area contributed by atoms with E-state index in [4.69, 9.17) is 25.8 Å². The Labute approximate surface area is 199 Å². The molecule has 1 saturated heterocycles. The molecule has 0 saturated carbocycles. The van der Waals surface area contributed by atoms with E-state index in [-0.39, 0.29) is 17.9 Å². The second-order valence-electron chi connectivity index (χ2n) is 7.35. The molecule has 1 N–H and O–H groups in total. The summed E-state index contributed by atoms with van der Waals surface area (Å²) in [4.78, 5) is 14.7. The minimum atomic E-state index is -3.51. The van der Waals surface area contributed by atoms with Crippen LogP contribution >= 0.6 is 11.6 Å². The summed E-state index contributed by atoms with van der Waals surface area (Å²) in [6, 6.07) is 10.5. The molecule has 2 aromatic rings. The highest BCUT2D eigenvalue weighted by Crippen LogP contribution is 2.38. The second kappa shape index (κ2) is 11.0. The number of amides is 1. The van der Waals surface area contributed by atoms with Crippen molar-refractivity contribution >= 4 is 33.2 Å². The molecule has 1 fully saturated rings. The van der Waals surface area contributed by atoms with Gasteiger partial charge in [-0.15, -0.1) is 0 Å². The van der Waals surface area contributed by atoms with Crippen LogP contribution in [0.2, 0.25) is 5.02 Å². The smallest absolute Gasteiger partial charge is 0.251 e. The maximum absolute atomic E-state index is 12.8. The molecule has 33 heavy (non-hydrogen) atoms. The maximum Gasteiger partial charge on any atom is 0.251 e. The molecule has 0 bridgehead atoms. The number of halogens is 1. The van der Waals surface area contributed by atoms with E-state index in [1.165, 1.54) is 37.8 Å². The summed E-state index contributed by atoms with van der Waals surface area (Å²) in [7, 11) is 0.877. The lowest BCUT2D eigenvalue weighted by Gasteiger charge is -2.35. The van der Waals surface area contributed by atoms with Crippen molar-refractivity contribution in [3.8, 4) is 17.2 Å². The highest BCUT2D eigenvalue weighted by molar-refractivity contribution is 7.89. The van der Waals surface area contributed by atoms with E-state index in [0.717, 1.165) is 5.69 Å². The molecule has 0 spiro atoms. The Kier molecular flexibility index (Phi) is 8.28. The molecule has 1 amide bonds. The zero-order chi connectivity index (χ0) is 24.0. The van der Waals surface area contributed by atoms with Gasteiger partial charge in [0.1, 0.15) is 0 Å². The highest BCUT2D eigenvalue weighted by atomic mass is 35.5. The molecule has 11 heteroatoms. The van der Waals surface area contributed by atoms with Gasteiger partial charge in [-0.25, -0.2) is 8.42 Å². The van der Waals surface area contributed by atoms with E-state index < -0.39 is 15.9 Å². The summed E-state index contributed by atoms with van der Waals surface area (Å²) in [5.41, 5.74) is 1.28. The number of carbonyl (C=O) groups excluding carboxylic acids is 1. The summed E-state index contributed by atoms with van der Waals surface area (Å²) < 4.78 is 42.7. The number of benzene rings is 2. The third kappa shape index (κ3) is 6.01. The Hall–Kier alpha value is -2.69. The van der Waals surface area contributed by atoms with Crippen molar-refractivity contribution in [2.24, 2.45) is 0 Å². The Balaban J connectivity index is 1.55. The lowest BCUT2D eigenvalue weighted by atomic mass is 10.1. The number of methoxy groups -OCH3 is 3. The van der Waals surface area contributed by atoms with Crippen molar-refractivity contribution in [2.45, 2.75) is 0 Å². The van der Waals surface area contributed by atoms with Crippen LogP contribution in [0, 0.1) is 0 Å². The van der Waals surface area contributed by atoms with Gasteiger partial charge in [0.05, 0.1) is 27.1 Å². The first-order valence-electron chi connectivity index (χ1n) is 10.4. The predicted molar refractivity (Wildman–Crippen MR) is 127 cm³/mol. The van der Waals surface area contributed by atoms with Crippen molar-refractivity contribution in [3.63, 3.8) is 0 Å². The molecule has 1 aliphatic rings. The van der Waals surface area contributed by atoms with Crippen molar-refractivity contribution in [3.05, 3.63) is 47.0 Å². The number of sulfonamides is 1. The lowest BCUT2D eigenvalue weighted by molar-refractivity contribution is 0.0955. The summed E-state index contributed by atoms with van der Waals surface area (Å²) >= 11 is 5.93. The van der Waals surface area contributed by atoms with Gasteiger partial charge in [-0.2, -0.15) is 4.31 Å². The van der Waals surface area contributed by atoms with Gasteiger partial charge in [0, 0.05) is 49.0 Å². The normalized spacial score (nSPS) is 14.6. The first kappa shape index (κ1) is 24.9. The number of ether oxygens (including phenoxy) is 3. The van der Waals surface area contributed by atoms with Crippen molar-refractivity contribution < 1.29 is 27.4 Å². The maximum atomic E-state index is 12.8. The van der Waals surface area contributed by atoms with Gasteiger partial charge in [-0.3, -0.25) is 4.79 Å². The number of piperazine rings is 1. The van der Waals surface area contributed by atoms with Gasteiger partial charge in [-0.1, -0.05) is 11.6 Å². The fraction of sp³-hybridized carbons (Fsp3) is 0.409. The third-order valence-corrected chi connectivity index (χ3v) is 7.52. The van der Waals surface area contributed by atoms with Gasteiger partial charge in [0.2, 0.25) is 15.8 Å². The third-order valence-electron chi connectivity index (χ3n) is 5.40. The fourth-order valence-electron chi connectivity index (χ4n) is 3.61. The van der Waals surface area contributed by atoms with Crippen LogP contribution in [0.25, 0.3) is 0 Å². The van der Waals surface area contributed by atoms with E-state index in [1.807, 2.05) is 24.3 Å². The van der Waals surface area contributed by atoms with Crippen molar-refractivity contribution in [1.29, 1.82) is 0 Å². The predicted octanol–water partition coefficient (Wildman–Crippen LogP) is 2.25. The zero-order valence-electron chi connectivity index (χ0n) is 18.8. The molecule has 0 radical (unpaired) electrons. The van der Waals surface area contributed by atoms with Gasteiger partial charge in [-0.05, 0) is 36.4 Å². The Morgan fingerprint density at radius 2 is 1.55 bits per heavy atom. The summed E-state index contributed by atoms with van der Waals surface area (Å²) in [5.74, 6) is 0.430. The van der Waals surface area contributed by atoms with Crippen LogP contribution in [-0.4, -0.2) is 78.4 Å². The van der Waals surface area contributed by atoms with Crippen LogP contribution in [0.5, 0.6) is 17.2 Å². The number of rotatable bonds is 9. The number of nitrogens with one attached hydrogen (secondary N) is 1. The van der Waals surface area contributed by atoms with Gasteiger partial charge >= 0.3 is 0 Å². The lowest BCUT2D eigenvalue weighted by Crippen LogP contribution is -2.50. The average Bonchev–Trinajstić information content (AvgIpc) is 2.83. The quantitative estimate of drug-likeness (QED) is 0.567. The van der Waals surface area contributed by atoms with Crippen molar-refractivity contribution in [1.82, 2.24) is 9.62 Å². The first-order chi connectivity index (χ1) is 15.8. The number of hydrogen-bond acceptors (Lipinski definition) is 7. The van der Waals surface area contributed by atoms with E-state index in [9.17, 15) is 13.2 Å². The Morgan fingerprint density at radius 3 is 2.06 bits per heavy atom. The molecule has 0 aromatic heterocycles. The highest BCUT2D eigenvalue weighted by Gasteiger charge is 2.27. The summed E-state index contributed by atoms with van der Waals surface area (Å²) in [6.07, 6.45) is 0. The fourth-order valence-corrected chi connectivity index (χ4v) is 5.08. The molecule has 2 aromatic carbocycles. The largest absolute Gasteiger partial charge is 0.493 e. The van der Waals surface area contributed by atoms with Crippen molar-refractivity contribution in [2.75, 3.05) is 64.7 Å². The summed E-state index contributed by atoms with van der Waals surface area (Å²) in [6.45, 7) is 1.91. The van der Waals surface area contributed by atoms with E-state index in [0.29, 0.717) is 48.5 Å². The van der Waals surface area contributed by atoms with Crippen LogP contribution in [0.1, 0.15) is 10.4 Å². The topological polar surface area (TPSA) is 97.4 Å². The molecule has 1 heterocycles. The zero-order valence-corrected chi connectivity index (χ0v) is 20.4. The minimum Gasteiger partial charge on any atom is -0.493 e. The Morgan fingerprint density at radius 1 is 0.970 bits per heavy atom. The molecule has 0 unspecified atom stereocenters. The van der Waals surface area contributed by atoms with Gasteiger partial charge in [0.15, 0.2) is 11.5 Å². The standard InChI is InChI=1S/C22H28ClN3O6S/c1-30-19-14-16(15-20(31-2)21(19)32-3)22(27)24-8-13-33(28,29)26-11-9-25(10-12-26)18-6-4-17(23)5-7-18/h4-7,14-15H,8-13H2,1-3H3,(H,24,27). The van der Waals surface area contributed by atoms with Crippen LogP contribution < -0.4 is 24.4 Å². The van der Waals surface area contributed by atoms with Gasteiger partial charge < -0.3 is 24.4 Å². The van der Waals surface area contributed by atoms with Gasteiger partial charge in [0.25, 0.3) is 5.91 Å². The first-order valence-corrected chi connectivity index (χ1v) is 12.3. The molecule has 180 valence electrons. The molecule has 9 nitrogen and oxygen atoms in total. The number of nitrogens with zero attached hydrogens (tertiary/aromatic N) is 2. The number of carbonyl (C=O) groups is 1. The molecular weight excluding hydrogens is 470 g/mol. The van der Waals surface area contributed by atoms with Crippen LogP contribution in [0.15, 0.2) is 36.4 Å². The average molecular weight is 498 g/mol. The van der Waals surface area contributed by atoms with E-state index in [1.54, 1.807) is 0 Å². The second-order valence-corrected chi connectivity index (χ2v) is 9.87. The van der Waals surface area contributed by atoms with Crippen LogP contribution in [-0.2, 0) is 10.0 Å². The van der Waals surface area contributed by atoms with Crippen LogP contribution in [0.3, 0.4) is 0 Å². The van der Waals surface area contributed by atoms with E-state index >= 15 is 0 Å². The number of anilines is 1. The molecule has 0 aliphatic carbocycles.